The van der Waals surface area contributed by atoms with Crippen LogP contribution in [-0.2, 0) is 9.53 Å². The number of halogens is 1. The van der Waals surface area contributed by atoms with Crippen LogP contribution in [0.1, 0.15) is 12.8 Å². The Hall–Kier alpha value is -0.320. The van der Waals surface area contributed by atoms with Crippen LogP contribution in [0.2, 0.25) is 0 Å². The van der Waals surface area contributed by atoms with Gasteiger partial charge >= 0.3 is 5.97 Å². The summed E-state index contributed by atoms with van der Waals surface area (Å²) < 4.78 is 5.16. The first kappa shape index (κ1) is 11.7. The fourth-order valence-electron chi connectivity index (χ4n) is 1.10. The van der Waals surface area contributed by atoms with Gasteiger partial charge in [-0.05, 0) is 6.42 Å². The van der Waals surface area contributed by atoms with Gasteiger partial charge in [0.15, 0.2) is 0 Å². The summed E-state index contributed by atoms with van der Waals surface area (Å²) in [5.74, 6) is -0.739. The molecule has 1 fully saturated rings. The standard InChI is InChI=1S/C7H13NO3.ClH/c9-7(10)2-1-6-5-11-4-3-8-6;/h6,8H,1-5H2,(H,9,10);1H/t6-;/m1./s1. The maximum Gasteiger partial charge on any atom is 0.303 e. The Labute approximate surface area is 77.7 Å². The first-order valence-electron chi connectivity index (χ1n) is 3.82. The number of aliphatic carboxylic acids is 1. The summed E-state index contributed by atoms with van der Waals surface area (Å²) in [6, 6.07) is 0.236. The van der Waals surface area contributed by atoms with E-state index in [1.54, 1.807) is 0 Å². The molecule has 0 spiro atoms. The van der Waals surface area contributed by atoms with Crippen LogP contribution in [-0.4, -0.2) is 36.9 Å². The van der Waals surface area contributed by atoms with Gasteiger partial charge in [0.2, 0.25) is 0 Å². The average molecular weight is 196 g/mol. The minimum atomic E-state index is -0.739. The molecule has 2 N–H and O–H groups in total. The smallest absolute Gasteiger partial charge is 0.303 e. The Balaban J connectivity index is 0.00000121. The molecule has 0 aliphatic carbocycles. The highest BCUT2D eigenvalue weighted by molar-refractivity contribution is 5.85. The van der Waals surface area contributed by atoms with Crippen LogP contribution in [0, 0.1) is 0 Å². The Morgan fingerprint density at radius 2 is 2.42 bits per heavy atom. The second-order valence-corrected chi connectivity index (χ2v) is 2.66. The number of carboxylic acid groups (broad SMARTS) is 1. The summed E-state index contributed by atoms with van der Waals surface area (Å²) in [5.41, 5.74) is 0. The largest absolute Gasteiger partial charge is 0.481 e. The van der Waals surface area contributed by atoms with Crippen LogP contribution in [0.4, 0.5) is 0 Å². The molecule has 0 aromatic rings. The molecule has 0 unspecified atom stereocenters. The maximum atomic E-state index is 10.2. The topological polar surface area (TPSA) is 58.6 Å². The van der Waals surface area contributed by atoms with Gasteiger partial charge in [-0.2, -0.15) is 0 Å². The molecule has 4 nitrogen and oxygen atoms in total. The molecule has 0 radical (unpaired) electrons. The van der Waals surface area contributed by atoms with Gasteiger partial charge in [0.1, 0.15) is 0 Å². The number of ether oxygens (including phenoxy) is 1. The van der Waals surface area contributed by atoms with Gasteiger partial charge < -0.3 is 15.2 Å². The van der Waals surface area contributed by atoms with E-state index in [1.165, 1.54) is 0 Å². The van der Waals surface area contributed by atoms with Gasteiger partial charge in [0, 0.05) is 19.0 Å². The highest BCUT2D eigenvalue weighted by Crippen LogP contribution is 2.01. The van der Waals surface area contributed by atoms with E-state index in [0.29, 0.717) is 13.0 Å². The van der Waals surface area contributed by atoms with Gasteiger partial charge in [0.25, 0.3) is 0 Å². The third kappa shape index (κ3) is 4.54. The van der Waals surface area contributed by atoms with Crippen molar-refractivity contribution in [2.45, 2.75) is 18.9 Å². The molecule has 0 aromatic carbocycles. The maximum absolute atomic E-state index is 10.2. The third-order valence-electron chi connectivity index (χ3n) is 1.71. The van der Waals surface area contributed by atoms with Gasteiger partial charge in [-0.3, -0.25) is 4.79 Å². The second-order valence-electron chi connectivity index (χ2n) is 2.66. The van der Waals surface area contributed by atoms with Gasteiger partial charge in [-0.25, -0.2) is 0 Å². The summed E-state index contributed by atoms with van der Waals surface area (Å²) in [4.78, 5) is 10.2. The van der Waals surface area contributed by atoms with Crippen molar-refractivity contribution in [3.8, 4) is 0 Å². The Bertz CT molecular complexity index is 137. The van der Waals surface area contributed by atoms with Gasteiger partial charge in [-0.15, -0.1) is 12.4 Å². The van der Waals surface area contributed by atoms with Crippen LogP contribution in [0.15, 0.2) is 0 Å². The molecule has 1 rings (SSSR count). The van der Waals surface area contributed by atoms with Gasteiger partial charge in [-0.1, -0.05) is 0 Å². The molecular weight excluding hydrogens is 182 g/mol. The summed E-state index contributed by atoms with van der Waals surface area (Å²) >= 11 is 0. The molecule has 12 heavy (non-hydrogen) atoms. The van der Waals surface area contributed by atoms with Crippen molar-refractivity contribution < 1.29 is 14.6 Å². The Kier molecular flexibility index (Phi) is 6.06. The summed E-state index contributed by atoms with van der Waals surface area (Å²) in [5, 5.41) is 11.6. The van der Waals surface area contributed by atoms with Crippen LogP contribution in [0.3, 0.4) is 0 Å². The molecular formula is C7H14ClNO3. The summed E-state index contributed by atoms with van der Waals surface area (Å²) in [6.45, 7) is 2.22. The molecule has 0 aromatic heterocycles. The molecule has 1 heterocycles. The molecule has 5 heteroatoms. The van der Waals surface area contributed by atoms with E-state index in [4.69, 9.17) is 9.84 Å². The first-order valence-corrected chi connectivity index (χ1v) is 3.82. The van der Waals surface area contributed by atoms with Crippen LogP contribution in [0.5, 0.6) is 0 Å². The number of rotatable bonds is 3. The van der Waals surface area contributed by atoms with E-state index < -0.39 is 5.97 Å². The molecule has 0 saturated carbocycles. The van der Waals surface area contributed by atoms with Gasteiger partial charge in [0.05, 0.1) is 13.2 Å². The quantitative estimate of drug-likeness (QED) is 0.679. The highest BCUT2D eigenvalue weighted by Gasteiger charge is 2.13. The Morgan fingerprint density at radius 3 is 2.92 bits per heavy atom. The predicted octanol–water partition coefficient (Wildman–Crippen LogP) is 0.261. The van der Waals surface area contributed by atoms with Crippen molar-refractivity contribution >= 4 is 18.4 Å². The number of morpholine rings is 1. The molecule has 1 saturated heterocycles. The van der Waals surface area contributed by atoms with Crippen LogP contribution >= 0.6 is 12.4 Å². The van der Waals surface area contributed by atoms with Crippen LogP contribution < -0.4 is 5.32 Å². The molecule has 0 amide bonds. The van der Waals surface area contributed by atoms with Crippen molar-refractivity contribution in [2.24, 2.45) is 0 Å². The molecule has 1 atom stereocenters. The van der Waals surface area contributed by atoms with E-state index in [9.17, 15) is 4.79 Å². The predicted molar refractivity (Wildman–Crippen MR) is 46.7 cm³/mol. The minimum absolute atomic E-state index is 0. The SMILES string of the molecule is Cl.O=C(O)CC[C@@H]1COCCN1. The lowest BCUT2D eigenvalue weighted by Crippen LogP contribution is -2.41. The molecule has 0 bridgehead atoms. The Morgan fingerprint density at radius 1 is 1.67 bits per heavy atom. The number of carbonyl (C=O) groups is 1. The lowest BCUT2D eigenvalue weighted by atomic mass is 10.1. The zero-order valence-corrected chi connectivity index (χ0v) is 7.60. The van der Waals surface area contributed by atoms with Crippen molar-refractivity contribution in [3.05, 3.63) is 0 Å². The highest BCUT2D eigenvalue weighted by atomic mass is 35.5. The minimum Gasteiger partial charge on any atom is -0.481 e. The molecule has 1 aliphatic rings. The zero-order chi connectivity index (χ0) is 8.10. The number of hydrogen-bond acceptors (Lipinski definition) is 3. The lowest BCUT2D eigenvalue weighted by Gasteiger charge is -2.22. The summed E-state index contributed by atoms with van der Waals surface area (Å²) in [7, 11) is 0. The first-order chi connectivity index (χ1) is 5.29. The average Bonchev–Trinajstić information content (AvgIpc) is 2.03. The number of carboxylic acids is 1. The number of nitrogens with one attached hydrogen (secondary N) is 1. The monoisotopic (exact) mass is 195 g/mol. The van der Waals surface area contributed by atoms with E-state index in [1.807, 2.05) is 0 Å². The van der Waals surface area contributed by atoms with E-state index in [0.717, 1.165) is 13.2 Å². The van der Waals surface area contributed by atoms with Crippen LogP contribution in [0.25, 0.3) is 0 Å². The fraction of sp³-hybridized carbons (Fsp3) is 0.857. The van der Waals surface area contributed by atoms with Crippen molar-refractivity contribution in [1.29, 1.82) is 0 Å². The molecule has 72 valence electrons. The second kappa shape index (κ2) is 6.22. The summed E-state index contributed by atoms with van der Waals surface area (Å²) in [6.07, 6.45) is 0.885. The van der Waals surface area contributed by atoms with Crippen molar-refractivity contribution in [2.75, 3.05) is 19.8 Å². The zero-order valence-electron chi connectivity index (χ0n) is 6.78. The van der Waals surface area contributed by atoms with E-state index >= 15 is 0 Å². The van der Waals surface area contributed by atoms with Crippen molar-refractivity contribution in [3.63, 3.8) is 0 Å². The number of hydrogen-bond donors (Lipinski definition) is 2. The fourth-order valence-corrected chi connectivity index (χ4v) is 1.10. The lowest BCUT2D eigenvalue weighted by molar-refractivity contribution is -0.137. The molecule has 1 aliphatic heterocycles. The normalized spacial score (nSPS) is 22.8. The van der Waals surface area contributed by atoms with E-state index in [2.05, 4.69) is 5.32 Å². The third-order valence-corrected chi connectivity index (χ3v) is 1.71. The van der Waals surface area contributed by atoms with E-state index in [-0.39, 0.29) is 24.9 Å². The van der Waals surface area contributed by atoms with Crippen molar-refractivity contribution in [1.82, 2.24) is 5.32 Å².